The van der Waals surface area contributed by atoms with E-state index in [1.54, 1.807) is 36.4 Å². The quantitative estimate of drug-likeness (QED) is 0.881. The molecule has 6 heteroatoms. The van der Waals surface area contributed by atoms with Crippen LogP contribution in [-0.4, -0.2) is 27.2 Å². The largest absolute Gasteiger partial charge is 0.494 e. The van der Waals surface area contributed by atoms with Gasteiger partial charge in [0.15, 0.2) is 9.84 Å². The summed E-state index contributed by atoms with van der Waals surface area (Å²) in [4.78, 5) is 12.4. The maximum Gasteiger partial charge on any atom is 0.255 e. The molecule has 2 aromatic carbocycles. The van der Waals surface area contributed by atoms with Gasteiger partial charge in [-0.15, -0.1) is 0 Å². The molecule has 0 heterocycles. The SMILES string of the molecule is CCCOc1ccc(C(=O)Nc2cccc(S(C)(=O)=O)c2)cc1. The van der Waals surface area contributed by atoms with E-state index in [0.717, 1.165) is 12.7 Å². The van der Waals surface area contributed by atoms with Crippen molar-refractivity contribution in [2.24, 2.45) is 0 Å². The molecule has 0 spiro atoms. The predicted molar refractivity (Wildman–Crippen MR) is 89.7 cm³/mol. The fourth-order valence-electron chi connectivity index (χ4n) is 1.93. The summed E-state index contributed by atoms with van der Waals surface area (Å²) in [6.45, 7) is 2.65. The molecule has 2 aromatic rings. The van der Waals surface area contributed by atoms with Crippen molar-refractivity contribution in [3.05, 3.63) is 54.1 Å². The highest BCUT2D eigenvalue weighted by molar-refractivity contribution is 7.90. The topological polar surface area (TPSA) is 72.5 Å². The van der Waals surface area contributed by atoms with Gasteiger partial charge in [-0.1, -0.05) is 13.0 Å². The second-order valence-corrected chi connectivity index (χ2v) is 7.14. The molecule has 122 valence electrons. The Morgan fingerprint density at radius 1 is 1.13 bits per heavy atom. The van der Waals surface area contributed by atoms with Crippen molar-refractivity contribution < 1.29 is 17.9 Å². The van der Waals surface area contributed by atoms with E-state index in [9.17, 15) is 13.2 Å². The number of nitrogens with one attached hydrogen (secondary N) is 1. The van der Waals surface area contributed by atoms with Crippen LogP contribution in [0.5, 0.6) is 5.75 Å². The molecule has 0 radical (unpaired) electrons. The van der Waals surface area contributed by atoms with E-state index in [2.05, 4.69) is 5.32 Å². The minimum absolute atomic E-state index is 0.165. The fraction of sp³-hybridized carbons (Fsp3) is 0.235. The molecule has 0 aliphatic carbocycles. The molecule has 0 saturated carbocycles. The van der Waals surface area contributed by atoms with Crippen molar-refractivity contribution in [2.75, 3.05) is 18.2 Å². The minimum Gasteiger partial charge on any atom is -0.494 e. The molecule has 1 N–H and O–H groups in total. The standard InChI is InChI=1S/C17H19NO4S/c1-3-11-22-15-9-7-13(8-10-15)17(19)18-14-5-4-6-16(12-14)23(2,20)21/h4-10,12H,3,11H2,1-2H3,(H,18,19). The molecule has 0 atom stereocenters. The van der Waals surface area contributed by atoms with Gasteiger partial charge in [0.2, 0.25) is 0 Å². The number of anilines is 1. The van der Waals surface area contributed by atoms with Gasteiger partial charge in [0, 0.05) is 17.5 Å². The van der Waals surface area contributed by atoms with Crippen LogP contribution in [-0.2, 0) is 9.84 Å². The van der Waals surface area contributed by atoms with Gasteiger partial charge in [0.05, 0.1) is 11.5 Å². The van der Waals surface area contributed by atoms with Gasteiger partial charge in [-0.05, 0) is 48.9 Å². The molecule has 0 aromatic heterocycles. The van der Waals surface area contributed by atoms with Crippen molar-refractivity contribution in [3.8, 4) is 5.75 Å². The first-order valence-electron chi connectivity index (χ1n) is 7.24. The van der Waals surface area contributed by atoms with Gasteiger partial charge < -0.3 is 10.1 Å². The van der Waals surface area contributed by atoms with E-state index < -0.39 is 9.84 Å². The highest BCUT2D eigenvalue weighted by Gasteiger charge is 2.10. The average Bonchev–Trinajstić information content (AvgIpc) is 2.53. The predicted octanol–water partition coefficient (Wildman–Crippen LogP) is 3.13. The third-order valence-electron chi connectivity index (χ3n) is 3.11. The number of sulfone groups is 1. The van der Waals surface area contributed by atoms with Gasteiger partial charge in [0.1, 0.15) is 5.75 Å². The Bertz CT molecular complexity index is 782. The first kappa shape index (κ1) is 17.0. The van der Waals surface area contributed by atoms with Crippen LogP contribution in [0.25, 0.3) is 0 Å². The number of carbonyl (C=O) groups excluding carboxylic acids is 1. The molecular weight excluding hydrogens is 314 g/mol. The molecule has 1 amide bonds. The van der Waals surface area contributed by atoms with Crippen LogP contribution in [0.4, 0.5) is 5.69 Å². The zero-order chi connectivity index (χ0) is 16.9. The lowest BCUT2D eigenvalue weighted by Gasteiger charge is -2.08. The van der Waals surface area contributed by atoms with Gasteiger partial charge >= 0.3 is 0 Å². The summed E-state index contributed by atoms with van der Waals surface area (Å²) >= 11 is 0. The molecule has 0 fully saturated rings. The zero-order valence-corrected chi connectivity index (χ0v) is 13.9. The van der Waals surface area contributed by atoms with E-state index in [1.165, 1.54) is 12.1 Å². The monoisotopic (exact) mass is 333 g/mol. The molecule has 2 rings (SSSR count). The first-order valence-corrected chi connectivity index (χ1v) is 9.13. The molecule has 0 saturated heterocycles. The van der Waals surface area contributed by atoms with Crippen LogP contribution in [0.1, 0.15) is 23.7 Å². The number of benzene rings is 2. The number of amides is 1. The first-order chi connectivity index (χ1) is 10.9. The van der Waals surface area contributed by atoms with E-state index >= 15 is 0 Å². The summed E-state index contributed by atoms with van der Waals surface area (Å²) in [5.74, 6) is 0.403. The smallest absolute Gasteiger partial charge is 0.255 e. The second kappa shape index (κ2) is 7.28. The lowest BCUT2D eigenvalue weighted by atomic mass is 10.2. The Morgan fingerprint density at radius 2 is 1.83 bits per heavy atom. The summed E-state index contributed by atoms with van der Waals surface area (Å²) in [7, 11) is -3.31. The van der Waals surface area contributed by atoms with E-state index in [1.807, 2.05) is 6.92 Å². The average molecular weight is 333 g/mol. The van der Waals surface area contributed by atoms with Crippen molar-refractivity contribution in [2.45, 2.75) is 18.2 Å². The van der Waals surface area contributed by atoms with Gasteiger partial charge in [-0.3, -0.25) is 4.79 Å². The number of hydrogen-bond acceptors (Lipinski definition) is 4. The lowest BCUT2D eigenvalue weighted by molar-refractivity contribution is 0.102. The highest BCUT2D eigenvalue weighted by Crippen LogP contribution is 2.17. The van der Waals surface area contributed by atoms with Gasteiger partial charge in [-0.25, -0.2) is 8.42 Å². The van der Waals surface area contributed by atoms with E-state index in [-0.39, 0.29) is 10.8 Å². The fourth-order valence-corrected chi connectivity index (χ4v) is 2.60. The Labute approximate surface area is 136 Å². The molecule has 0 unspecified atom stereocenters. The summed E-state index contributed by atoms with van der Waals surface area (Å²) < 4.78 is 28.5. The summed E-state index contributed by atoms with van der Waals surface area (Å²) in [6, 6.07) is 13.0. The van der Waals surface area contributed by atoms with Crippen molar-refractivity contribution in [1.82, 2.24) is 0 Å². The van der Waals surface area contributed by atoms with Crippen LogP contribution in [0.15, 0.2) is 53.4 Å². The maximum atomic E-state index is 12.2. The van der Waals surface area contributed by atoms with Crippen LogP contribution >= 0.6 is 0 Å². The summed E-state index contributed by atoms with van der Waals surface area (Å²) in [5.41, 5.74) is 0.905. The number of carbonyl (C=O) groups is 1. The number of hydrogen-bond donors (Lipinski definition) is 1. The number of ether oxygens (including phenoxy) is 1. The van der Waals surface area contributed by atoms with Gasteiger partial charge in [-0.2, -0.15) is 0 Å². The van der Waals surface area contributed by atoms with Gasteiger partial charge in [0.25, 0.3) is 5.91 Å². The van der Waals surface area contributed by atoms with Crippen LogP contribution in [0.2, 0.25) is 0 Å². The Kier molecular flexibility index (Phi) is 5.39. The third kappa shape index (κ3) is 4.82. The zero-order valence-electron chi connectivity index (χ0n) is 13.1. The molecule has 5 nitrogen and oxygen atoms in total. The van der Waals surface area contributed by atoms with E-state index in [4.69, 9.17) is 4.74 Å². The highest BCUT2D eigenvalue weighted by atomic mass is 32.2. The minimum atomic E-state index is -3.31. The molecular formula is C17H19NO4S. The van der Waals surface area contributed by atoms with Crippen LogP contribution in [0, 0.1) is 0 Å². The second-order valence-electron chi connectivity index (χ2n) is 5.13. The molecule has 23 heavy (non-hydrogen) atoms. The number of rotatable bonds is 6. The van der Waals surface area contributed by atoms with Crippen molar-refractivity contribution >= 4 is 21.4 Å². The van der Waals surface area contributed by atoms with Crippen molar-refractivity contribution in [3.63, 3.8) is 0 Å². The van der Waals surface area contributed by atoms with Crippen molar-refractivity contribution in [1.29, 1.82) is 0 Å². The lowest BCUT2D eigenvalue weighted by Crippen LogP contribution is -2.12. The Hall–Kier alpha value is -2.34. The normalized spacial score (nSPS) is 11.0. The summed E-state index contributed by atoms with van der Waals surface area (Å²) in [5, 5.41) is 2.69. The van der Waals surface area contributed by atoms with Crippen LogP contribution in [0.3, 0.4) is 0 Å². The van der Waals surface area contributed by atoms with E-state index in [0.29, 0.717) is 23.6 Å². The summed E-state index contributed by atoms with van der Waals surface area (Å²) in [6.07, 6.45) is 2.04. The Morgan fingerprint density at radius 3 is 2.43 bits per heavy atom. The molecule has 0 aliphatic rings. The Balaban J connectivity index is 2.10. The molecule has 0 bridgehead atoms. The maximum absolute atomic E-state index is 12.2. The third-order valence-corrected chi connectivity index (χ3v) is 4.22. The molecule has 0 aliphatic heterocycles. The van der Waals surface area contributed by atoms with Crippen LogP contribution < -0.4 is 10.1 Å².